The molecule has 1 aliphatic rings. The molecule has 5 rings (SSSR count). The zero-order valence-corrected chi connectivity index (χ0v) is 18.8. The Morgan fingerprint density at radius 1 is 0.969 bits per heavy atom. The van der Waals surface area contributed by atoms with Crippen molar-refractivity contribution >= 4 is 46.2 Å². The van der Waals surface area contributed by atoms with Gasteiger partial charge in [-0.3, -0.25) is 4.98 Å². The molecule has 2 atom stereocenters. The van der Waals surface area contributed by atoms with Crippen LogP contribution in [-0.2, 0) is 0 Å². The molecule has 2 aromatic carbocycles. The van der Waals surface area contributed by atoms with E-state index in [1.54, 1.807) is 41.4 Å². The fourth-order valence-corrected chi connectivity index (χ4v) is 4.50. The first kappa shape index (κ1) is 20.9. The van der Waals surface area contributed by atoms with Crippen molar-refractivity contribution in [1.82, 2.24) is 10.3 Å². The lowest BCUT2D eigenvalue weighted by atomic mass is 10.0. The summed E-state index contributed by atoms with van der Waals surface area (Å²) >= 11 is 17.8. The smallest absolute Gasteiger partial charge is 0.174 e. The Morgan fingerprint density at radius 3 is 2.53 bits per heavy atom. The van der Waals surface area contributed by atoms with Crippen LogP contribution in [0.15, 0.2) is 83.4 Å². The van der Waals surface area contributed by atoms with E-state index < -0.39 is 6.04 Å². The van der Waals surface area contributed by atoms with Crippen LogP contribution in [-0.4, -0.2) is 10.1 Å². The summed E-state index contributed by atoms with van der Waals surface area (Å²) < 4.78 is 21.0. The molecule has 4 nitrogen and oxygen atoms in total. The normalized spacial score (nSPS) is 18.1. The third kappa shape index (κ3) is 3.75. The molecule has 2 aromatic heterocycles. The Labute approximate surface area is 199 Å². The lowest BCUT2D eigenvalue weighted by molar-refractivity contribution is 0.438. The summed E-state index contributed by atoms with van der Waals surface area (Å²) in [5, 5.41) is 4.58. The van der Waals surface area contributed by atoms with Gasteiger partial charge in [-0.15, -0.1) is 0 Å². The van der Waals surface area contributed by atoms with Crippen LogP contribution < -0.4 is 10.2 Å². The number of para-hydroxylation sites is 1. The molecule has 0 spiro atoms. The van der Waals surface area contributed by atoms with Gasteiger partial charge in [-0.2, -0.15) is 0 Å². The van der Waals surface area contributed by atoms with E-state index >= 15 is 0 Å². The molecule has 0 bridgehead atoms. The van der Waals surface area contributed by atoms with Crippen LogP contribution in [0.5, 0.6) is 0 Å². The van der Waals surface area contributed by atoms with Crippen LogP contribution >= 0.6 is 35.4 Å². The van der Waals surface area contributed by atoms with Crippen LogP contribution in [0, 0.1) is 5.82 Å². The van der Waals surface area contributed by atoms with Gasteiger partial charge in [-0.1, -0.05) is 41.4 Å². The second kappa shape index (κ2) is 8.54. The summed E-state index contributed by atoms with van der Waals surface area (Å²) in [5.74, 6) is 0.849. The van der Waals surface area contributed by atoms with Gasteiger partial charge >= 0.3 is 0 Å². The highest BCUT2D eigenvalue weighted by atomic mass is 35.5. The van der Waals surface area contributed by atoms with Crippen molar-refractivity contribution in [3.05, 3.63) is 106 Å². The van der Waals surface area contributed by atoms with Gasteiger partial charge in [0.2, 0.25) is 0 Å². The fraction of sp³-hybridized carbons (Fsp3) is 0.0833. The Balaban J connectivity index is 1.61. The number of benzene rings is 2. The number of hydrogen-bond donors (Lipinski definition) is 1. The van der Waals surface area contributed by atoms with E-state index in [0.29, 0.717) is 32.4 Å². The highest BCUT2D eigenvalue weighted by Crippen LogP contribution is 2.43. The molecule has 0 saturated carbocycles. The highest BCUT2D eigenvalue weighted by molar-refractivity contribution is 7.80. The number of halogens is 3. The monoisotopic (exact) mass is 483 g/mol. The van der Waals surface area contributed by atoms with Crippen LogP contribution in [0.3, 0.4) is 0 Å². The molecule has 0 aliphatic carbocycles. The van der Waals surface area contributed by atoms with E-state index in [9.17, 15) is 4.39 Å². The van der Waals surface area contributed by atoms with Crippen molar-refractivity contribution in [3.8, 4) is 11.3 Å². The van der Waals surface area contributed by atoms with Gasteiger partial charge in [0.1, 0.15) is 23.4 Å². The van der Waals surface area contributed by atoms with Gasteiger partial charge in [0.25, 0.3) is 0 Å². The van der Waals surface area contributed by atoms with Gasteiger partial charge in [-0.05, 0) is 66.8 Å². The van der Waals surface area contributed by atoms with Gasteiger partial charge < -0.3 is 14.6 Å². The number of nitrogens with one attached hydrogen (secondary N) is 1. The molecule has 3 heterocycles. The molecule has 0 amide bonds. The number of furan rings is 1. The SMILES string of the molecule is Fc1ccccc1N1C(=S)N[C@H](c2ccccn2)[C@H]1c1ccc(-c2ccc(Cl)c(Cl)c2)o1. The van der Waals surface area contributed by atoms with Crippen molar-refractivity contribution in [2.75, 3.05) is 4.90 Å². The molecule has 1 saturated heterocycles. The number of thiocarbonyl (C=S) groups is 1. The van der Waals surface area contributed by atoms with E-state index in [1.807, 2.05) is 36.4 Å². The predicted molar refractivity (Wildman–Crippen MR) is 128 cm³/mol. The quantitative estimate of drug-likeness (QED) is 0.317. The molecule has 32 heavy (non-hydrogen) atoms. The number of hydrogen-bond acceptors (Lipinski definition) is 3. The number of anilines is 1. The average Bonchev–Trinajstić information content (AvgIpc) is 3.41. The first-order chi connectivity index (χ1) is 15.5. The van der Waals surface area contributed by atoms with Gasteiger partial charge in [0.15, 0.2) is 5.11 Å². The van der Waals surface area contributed by atoms with E-state index in [2.05, 4.69) is 10.3 Å². The molecule has 1 aliphatic heterocycles. The summed E-state index contributed by atoms with van der Waals surface area (Å²) in [5.41, 5.74) is 1.91. The van der Waals surface area contributed by atoms with Crippen molar-refractivity contribution < 1.29 is 8.81 Å². The fourth-order valence-electron chi connectivity index (χ4n) is 3.87. The van der Waals surface area contributed by atoms with Crippen LogP contribution in [0.25, 0.3) is 11.3 Å². The van der Waals surface area contributed by atoms with Gasteiger partial charge in [0, 0.05) is 11.8 Å². The lowest BCUT2D eigenvalue weighted by Crippen LogP contribution is -2.30. The topological polar surface area (TPSA) is 41.3 Å². The standard InChI is InChI=1S/C24H16Cl2FN3OS/c25-15-9-8-14(13-16(15)26)20-10-11-21(31-20)23-22(18-6-3-4-12-28-18)29-24(32)30(23)19-7-2-1-5-17(19)27/h1-13,22-23H,(H,29,32)/t22-,23-/m1/s1. The zero-order chi connectivity index (χ0) is 22.2. The highest BCUT2D eigenvalue weighted by Gasteiger charge is 2.43. The summed E-state index contributed by atoms with van der Waals surface area (Å²) in [6.45, 7) is 0. The van der Waals surface area contributed by atoms with Crippen molar-refractivity contribution in [1.29, 1.82) is 0 Å². The molecule has 160 valence electrons. The van der Waals surface area contributed by atoms with Gasteiger partial charge in [-0.25, -0.2) is 4.39 Å². The molecular weight excluding hydrogens is 468 g/mol. The number of aromatic nitrogens is 1. The second-order valence-electron chi connectivity index (χ2n) is 7.28. The predicted octanol–water partition coefficient (Wildman–Crippen LogP) is 6.96. The van der Waals surface area contributed by atoms with Crippen LogP contribution in [0.2, 0.25) is 10.0 Å². The molecule has 0 unspecified atom stereocenters. The Morgan fingerprint density at radius 2 is 1.78 bits per heavy atom. The maximum atomic E-state index is 14.8. The van der Waals surface area contributed by atoms with E-state index in [4.69, 9.17) is 39.8 Å². The molecule has 4 aromatic rings. The minimum absolute atomic E-state index is 0.337. The van der Waals surface area contributed by atoms with Crippen LogP contribution in [0.1, 0.15) is 23.5 Å². The summed E-state index contributed by atoms with van der Waals surface area (Å²) in [4.78, 5) is 6.23. The molecule has 0 radical (unpaired) electrons. The first-order valence-electron chi connectivity index (χ1n) is 9.83. The number of pyridine rings is 1. The molecule has 1 N–H and O–H groups in total. The summed E-state index contributed by atoms with van der Waals surface area (Å²) in [6.07, 6.45) is 1.71. The molecular formula is C24H16Cl2FN3OS. The van der Waals surface area contributed by atoms with Crippen molar-refractivity contribution in [2.45, 2.75) is 12.1 Å². The van der Waals surface area contributed by atoms with E-state index in [-0.39, 0.29) is 11.9 Å². The number of rotatable bonds is 4. The van der Waals surface area contributed by atoms with Crippen LogP contribution in [0.4, 0.5) is 10.1 Å². The third-order valence-corrected chi connectivity index (χ3v) is 6.39. The van der Waals surface area contributed by atoms with Crippen molar-refractivity contribution in [2.24, 2.45) is 0 Å². The summed E-state index contributed by atoms with van der Waals surface area (Å²) in [7, 11) is 0. The molecule has 8 heteroatoms. The van der Waals surface area contributed by atoms with Gasteiger partial charge in [0.05, 0.1) is 27.5 Å². The minimum atomic E-state index is -0.453. The van der Waals surface area contributed by atoms with Crippen molar-refractivity contribution in [3.63, 3.8) is 0 Å². The maximum absolute atomic E-state index is 14.8. The zero-order valence-electron chi connectivity index (χ0n) is 16.5. The third-order valence-electron chi connectivity index (χ3n) is 5.33. The first-order valence-corrected chi connectivity index (χ1v) is 11.0. The van der Waals surface area contributed by atoms with E-state index in [0.717, 1.165) is 11.3 Å². The Kier molecular flexibility index (Phi) is 5.59. The Hall–Kier alpha value is -2.93. The Bertz CT molecular complexity index is 1300. The lowest BCUT2D eigenvalue weighted by Gasteiger charge is -2.26. The molecule has 1 fully saturated rings. The van der Waals surface area contributed by atoms with E-state index in [1.165, 1.54) is 6.07 Å². The second-order valence-corrected chi connectivity index (χ2v) is 8.48. The largest absolute Gasteiger partial charge is 0.459 e. The maximum Gasteiger partial charge on any atom is 0.174 e. The number of nitrogens with zero attached hydrogens (tertiary/aromatic N) is 2. The summed E-state index contributed by atoms with van der Waals surface area (Å²) in [6, 6.07) is 20.4. The average molecular weight is 484 g/mol. The minimum Gasteiger partial charge on any atom is -0.459 e.